The molecule has 0 aliphatic carbocycles. The molecule has 2 aromatic carbocycles. The Morgan fingerprint density at radius 2 is 1.89 bits per heavy atom. The predicted molar refractivity (Wildman–Crippen MR) is 108 cm³/mol. The minimum Gasteiger partial charge on any atom is -0.480 e. The van der Waals surface area contributed by atoms with Gasteiger partial charge in [-0.2, -0.15) is 0 Å². The van der Waals surface area contributed by atoms with Crippen LogP contribution in [0.5, 0.6) is 0 Å². The van der Waals surface area contributed by atoms with Crippen molar-refractivity contribution in [2.24, 2.45) is 0 Å². The third-order valence-corrected chi connectivity index (χ3v) is 5.32. The highest BCUT2D eigenvalue weighted by molar-refractivity contribution is 6.30. The summed E-state index contributed by atoms with van der Waals surface area (Å²) >= 11 is 12.2. The van der Waals surface area contributed by atoms with Crippen LogP contribution < -0.4 is 0 Å². The van der Waals surface area contributed by atoms with E-state index in [1.54, 1.807) is 42.5 Å². The van der Waals surface area contributed by atoms with Crippen LogP contribution in [-0.4, -0.2) is 34.5 Å². The molecule has 1 fully saturated rings. The molecule has 1 heterocycles. The molecule has 0 aromatic heterocycles. The van der Waals surface area contributed by atoms with E-state index in [1.165, 1.54) is 4.90 Å². The molecule has 1 amide bonds. The lowest BCUT2D eigenvalue weighted by atomic mass is 9.91. The highest BCUT2D eigenvalue weighted by Crippen LogP contribution is 2.42. The van der Waals surface area contributed by atoms with Crippen molar-refractivity contribution in [3.63, 3.8) is 0 Å². The summed E-state index contributed by atoms with van der Waals surface area (Å²) in [5.41, 5.74) is 1.54. The first kappa shape index (κ1) is 20.6. The number of ether oxygens (including phenoxy) is 1. The van der Waals surface area contributed by atoms with E-state index in [2.05, 4.69) is 0 Å². The van der Waals surface area contributed by atoms with E-state index in [0.29, 0.717) is 22.9 Å². The van der Waals surface area contributed by atoms with Gasteiger partial charge >= 0.3 is 5.97 Å². The minimum absolute atomic E-state index is 0.186. The molecule has 5 nitrogen and oxygen atoms in total. The zero-order valence-corrected chi connectivity index (χ0v) is 16.9. The number of carboxylic acid groups (broad SMARTS) is 1. The smallest absolute Gasteiger partial charge is 0.326 e. The molecular weight excluding hydrogens is 401 g/mol. The van der Waals surface area contributed by atoms with Gasteiger partial charge in [0.15, 0.2) is 0 Å². The maximum atomic E-state index is 12.8. The van der Waals surface area contributed by atoms with Crippen LogP contribution in [0.2, 0.25) is 10.0 Å². The molecule has 1 N–H and O–H groups in total. The van der Waals surface area contributed by atoms with Crippen molar-refractivity contribution in [2.45, 2.75) is 38.0 Å². The van der Waals surface area contributed by atoms with E-state index in [9.17, 15) is 14.7 Å². The van der Waals surface area contributed by atoms with Crippen LogP contribution in [0, 0.1) is 0 Å². The largest absolute Gasteiger partial charge is 0.480 e. The number of morpholine rings is 1. The Labute approximate surface area is 173 Å². The number of aliphatic carboxylic acids is 1. The van der Waals surface area contributed by atoms with Gasteiger partial charge < -0.3 is 14.7 Å². The van der Waals surface area contributed by atoms with Crippen molar-refractivity contribution in [3.8, 4) is 0 Å². The van der Waals surface area contributed by atoms with Gasteiger partial charge in [0.25, 0.3) is 0 Å². The summed E-state index contributed by atoms with van der Waals surface area (Å²) in [6.45, 7) is 1.71. The maximum absolute atomic E-state index is 12.8. The Morgan fingerprint density at radius 3 is 2.50 bits per heavy atom. The fourth-order valence-electron chi connectivity index (χ4n) is 3.61. The summed E-state index contributed by atoms with van der Waals surface area (Å²) in [6, 6.07) is 12.7. The van der Waals surface area contributed by atoms with Gasteiger partial charge in [-0.3, -0.25) is 4.79 Å². The Morgan fingerprint density at radius 1 is 1.18 bits per heavy atom. The van der Waals surface area contributed by atoms with Crippen molar-refractivity contribution in [1.29, 1.82) is 0 Å². The Balaban J connectivity index is 2.12. The summed E-state index contributed by atoms with van der Waals surface area (Å²) in [5, 5.41) is 10.9. The van der Waals surface area contributed by atoms with Gasteiger partial charge in [0, 0.05) is 10.0 Å². The second kappa shape index (κ2) is 8.95. The molecule has 3 rings (SSSR count). The summed E-state index contributed by atoms with van der Waals surface area (Å²) in [5.74, 6) is -1.38. The molecule has 3 atom stereocenters. The third kappa shape index (κ3) is 4.32. The van der Waals surface area contributed by atoms with E-state index in [0.717, 1.165) is 11.1 Å². The summed E-state index contributed by atoms with van der Waals surface area (Å²) in [6.07, 6.45) is 0.445. The molecule has 1 saturated heterocycles. The number of rotatable bonds is 6. The summed E-state index contributed by atoms with van der Waals surface area (Å²) < 4.78 is 5.89. The van der Waals surface area contributed by atoms with Gasteiger partial charge in [0.1, 0.15) is 18.8 Å². The van der Waals surface area contributed by atoms with Crippen LogP contribution in [-0.2, 0) is 14.3 Å². The zero-order valence-electron chi connectivity index (χ0n) is 15.3. The number of amides is 1. The number of hydrogen-bond acceptors (Lipinski definition) is 3. The van der Waals surface area contributed by atoms with Gasteiger partial charge in [-0.05, 0) is 41.8 Å². The molecule has 28 heavy (non-hydrogen) atoms. The van der Waals surface area contributed by atoms with E-state index in [-0.39, 0.29) is 12.5 Å². The topological polar surface area (TPSA) is 66.8 Å². The molecule has 148 valence electrons. The second-order valence-electron chi connectivity index (χ2n) is 6.73. The first-order valence-electron chi connectivity index (χ1n) is 9.09. The minimum atomic E-state index is -1.03. The molecule has 1 aliphatic heterocycles. The fraction of sp³-hybridized carbons (Fsp3) is 0.333. The van der Waals surface area contributed by atoms with Crippen molar-refractivity contribution in [3.05, 3.63) is 69.7 Å². The highest BCUT2D eigenvalue weighted by Gasteiger charge is 2.44. The molecule has 0 radical (unpaired) electrons. The molecule has 0 saturated carbocycles. The lowest BCUT2D eigenvalue weighted by molar-refractivity contribution is -0.171. The second-order valence-corrected chi connectivity index (χ2v) is 7.60. The van der Waals surface area contributed by atoms with Crippen molar-refractivity contribution in [1.82, 2.24) is 4.90 Å². The van der Waals surface area contributed by atoms with E-state index < -0.39 is 24.2 Å². The lowest BCUT2D eigenvalue weighted by Gasteiger charge is -2.44. The van der Waals surface area contributed by atoms with E-state index in [4.69, 9.17) is 27.9 Å². The van der Waals surface area contributed by atoms with Gasteiger partial charge in [0.2, 0.25) is 5.91 Å². The zero-order chi connectivity index (χ0) is 20.3. The molecule has 7 heteroatoms. The van der Waals surface area contributed by atoms with Crippen molar-refractivity contribution >= 4 is 35.1 Å². The molecule has 0 spiro atoms. The fourth-order valence-corrected chi connectivity index (χ4v) is 3.93. The maximum Gasteiger partial charge on any atom is 0.326 e. The van der Waals surface area contributed by atoms with Crippen LogP contribution >= 0.6 is 23.2 Å². The van der Waals surface area contributed by atoms with Crippen LogP contribution in [0.3, 0.4) is 0 Å². The molecular formula is C21H21Cl2NO4. The number of carboxylic acids is 1. The van der Waals surface area contributed by atoms with Gasteiger partial charge in [-0.15, -0.1) is 0 Å². The number of carbonyl (C=O) groups excluding carboxylic acids is 1. The van der Waals surface area contributed by atoms with Crippen LogP contribution in [0.15, 0.2) is 48.5 Å². The molecule has 0 bridgehead atoms. The van der Waals surface area contributed by atoms with Crippen molar-refractivity contribution in [2.75, 3.05) is 6.61 Å². The highest BCUT2D eigenvalue weighted by atomic mass is 35.5. The Kier molecular flexibility index (Phi) is 6.60. The lowest BCUT2D eigenvalue weighted by Crippen LogP contribution is -2.53. The first-order chi connectivity index (χ1) is 13.4. The van der Waals surface area contributed by atoms with Gasteiger partial charge in [-0.25, -0.2) is 4.79 Å². The Hall–Kier alpha value is -2.08. The standard InChI is InChI=1S/C21H21Cl2NO4/c1-2-4-17(21(26)27)24-18(25)12-28-20(14-5-3-6-16(23)11-14)19(24)13-7-9-15(22)10-8-13/h3,5-11,17,19-20H,2,4,12H2,1H3,(H,26,27)/t17-,19+,20-/m0/s1. The normalized spacial score (nSPS) is 20.8. The van der Waals surface area contributed by atoms with Gasteiger partial charge in [-0.1, -0.05) is 60.8 Å². The average Bonchev–Trinajstić information content (AvgIpc) is 2.67. The van der Waals surface area contributed by atoms with Crippen LogP contribution in [0.1, 0.15) is 43.0 Å². The van der Waals surface area contributed by atoms with Gasteiger partial charge in [0.05, 0.1) is 6.04 Å². The van der Waals surface area contributed by atoms with Crippen molar-refractivity contribution < 1.29 is 19.4 Å². The third-order valence-electron chi connectivity index (χ3n) is 4.83. The Bertz CT molecular complexity index is 856. The average molecular weight is 422 g/mol. The number of benzene rings is 2. The molecule has 0 unspecified atom stereocenters. The van der Waals surface area contributed by atoms with E-state index in [1.807, 2.05) is 13.0 Å². The first-order valence-corrected chi connectivity index (χ1v) is 9.84. The summed E-state index contributed by atoms with van der Waals surface area (Å²) in [4.78, 5) is 26.2. The van der Waals surface area contributed by atoms with Crippen LogP contribution in [0.25, 0.3) is 0 Å². The SMILES string of the molecule is CCC[C@@H](C(=O)O)N1C(=O)CO[C@@H](c2cccc(Cl)c2)[C@H]1c1ccc(Cl)cc1. The monoisotopic (exact) mass is 421 g/mol. The number of halogens is 2. The summed E-state index contributed by atoms with van der Waals surface area (Å²) in [7, 11) is 0. The number of nitrogens with zero attached hydrogens (tertiary/aromatic N) is 1. The molecule has 1 aliphatic rings. The quantitative estimate of drug-likeness (QED) is 0.720. The predicted octanol–water partition coefficient (Wildman–Crippen LogP) is 4.89. The molecule has 2 aromatic rings. The van der Waals surface area contributed by atoms with E-state index >= 15 is 0 Å². The number of hydrogen-bond donors (Lipinski definition) is 1. The number of carbonyl (C=O) groups is 2. The van der Waals surface area contributed by atoms with Crippen LogP contribution in [0.4, 0.5) is 0 Å².